The highest BCUT2D eigenvalue weighted by Gasteiger charge is 1.92. The zero-order valence-corrected chi connectivity index (χ0v) is 8.32. The molecule has 0 aromatic heterocycles. The van der Waals surface area contributed by atoms with Crippen molar-refractivity contribution >= 4 is 28.6 Å². The van der Waals surface area contributed by atoms with Crippen LogP contribution in [0, 0.1) is 0 Å². The van der Waals surface area contributed by atoms with E-state index in [2.05, 4.69) is 54.6 Å². The molecule has 0 amide bonds. The average molecular weight is 209 g/mol. The fourth-order valence-corrected chi connectivity index (χ4v) is 0.693. The van der Waals surface area contributed by atoms with E-state index in [4.69, 9.17) is 0 Å². The summed E-state index contributed by atoms with van der Waals surface area (Å²) in [5, 5.41) is 0.421. The van der Waals surface area contributed by atoms with Crippen LogP contribution in [-0.4, -0.2) is 10.1 Å². The minimum atomic E-state index is 0.421. The maximum atomic E-state index is 4.30. The fourth-order valence-electron chi connectivity index (χ4n) is 0.417. The smallest absolute Gasteiger partial charge is 0.0297 e. The van der Waals surface area contributed by atoms with Gasteiger partial charge in [0.15, 0.2) is 0 Å². The highest BCUT2D eigenvalue weighted by Crippen LogP contribution is 2.05. The monoisotopic (exact) mass is 208 g/mol. The Morgan fingerprint density at radius 3 is 2.44 bits per heavy atom. The van der Waals surface area contributed by atoms with Crippen molar-refractivity contribution in [2.24, 2.45) is 0 Å². The van der Waals surface area contributed by atoms with Gasteiger partial charge in [-0.2, -0.15) is 12.6 Å². The van der Waals surface area contributed by atoms with Crippen LogP contribution >= 0.6 is 28.6 Å². The summed E-state index contributed by atoms with van der Waals surface area (Å²) < 4.78 is 0. The van der Waals surface area contributed by atoms with E-state index < -0.39 is 0 Å². The SMILES string of the molecule is CCC(S)C=CC(C)Br. The zero-order valence-electron chi connectivity index (χ0n) is 5.84. The van der Waals surface area contributed by atoms with Crippen LogP contribution in [0.25, 0.3) is 0 Å². The Hall–Kier alpha value is 0.570. The van der Waals surface area contributed by atoms with Crippen molar-refractivity contribution in [1.29, 1.82) is 0 Å². The summed E-state index contributed by atoms with van der Waals surface area (Å²) in [5.41, 5.74) is 0. The van der Waals surface area contributed by atoms with Gasteiger partial charge in [0.2, 0.25) is 0 Å². The van der Waals surface area contributed by atoms with E-state index in [1.165, 1.54) is 0 Å². The molecule has 0 saturated heterocycles. The van der Waals surface area contributed by atoms with E-state index in [0.29, 0.717) is 10.1 Å². The topological polar surface area (TPSA) is 0 Å². The molecule has 2 atom stereocenters. The molecule has 9 heavy (non-hydrogen) atoms. The minimum Gasteiger partial charge on any atom is -0.172 e. The van der Waals surface area contributed by atoms with Gasteiger partial charge in [0.25, 0.3) is 0 Å². The van der Waals surface area contributed by atoms with Crippen LogP contribution in [0.2, 0.25) is 0 Å². The number of hydrogen-bond acceptors (Lipinski definition) is 1. The van der Waals surface area contributed by atoms with Gasteiger partial charge in [-0.15, -0.1) is 0 Å². The lowest BCUT2D eigenvalue weighted by atomic mass is 10.3. The third kappa shape index (κ3) is 6.46. The molecule has 0 aliphatic heterocycles. The number of allylic oxidation sites excluding steroid dienone is 1. The summed E-state index contributed by atoms with van der Waals surface area (Å²) in [6.07, 6.45) is 5.32. The van der Waals surface area contributed by atoms with Gasteiger partial charge >= 0.3 is 0 Å². The van der Waals surface area contributed by atoms with Crippen molar-refractivity contribution < 1.29 is 0 Å². The number of halogens is 1. The van der Waals surface area contributed by atoms with Crippen molar-refractivity contribution in [3.05, 3.63) is 12.2 Å². The Morgan fingerprint density at radius 2 is 2.11 bits per heavy atom. The van der Waals surface area contributed by atoms with Gasteiger partial charge < -0.3 is 0 Å². The minimum absolute atomic E-state index is 0.421. The third-order valence-electron chi connectivity index (χ3n) is 1.02. The Morgan fingerprint density at radius 1 is 1.56 bits per heavy atom. The molecule has 0 fully saturated rings. The summed E-state index contributed by atoms with van der Waals surface area (Å²) in [6.45, 7) is 4.22. The molecule has 0 aliphatic carbocycles. The molecule has 0 aromatic rings. The van der Waals surface area contributed by atoms with E-state index in [1.807, 2.05) is 0 Å². The second-order valence-corrected chi connectivity index (χ2v) is 4.15. The average Bonchev–Trinajstić information content (AvgIpc) is 1.83. The number of alkyl halides is 1. The Kier molecular flexibility index (Phi) is 5.70. The highest BCUT2D eigenvalue weighted by atomic mass is 79.9. The third-order valence-corrected chi connectivity index (χ3v) is 1.86. The molecule has 54 valence electrons. The molecule has 2 unspecified atom stereocenters. The second kappa shape index (κ2) is 5.36. The molecule has 0 nitrogen and oxygen atoms in total. The van der Waals surface area contributed by atoms with Crippen molar-refractivity contribution in [1.82, 2.24) is 0 Å². The lowest BCUT2D eigenvalue weighted by Crippen LogP contribution is -1.90. The van der Waals surface area contributed by atoms with Crippen LogP contribution in [0.3, 0.4) is 0 Å². The van der Waals surface area contributed by atoms with E-state index in [-0.39, 0.29) is 0 Å². The summed E-state index contributed by atoms with van der Waals surface area (Å²) in [7, 11) is 0. The molecule has 0 rings (SSSR count). The second-order valence-electron chi connectivity index (χ2n) is 2.04. The molecule has 2 heteroatoms. The van der Waals surface area contributed by atoms with Gasteiger partial charge in [0.05, 0.1) is 0 Å². The summed E-state index contributed by atoms with van der Waals surface area (Å²) in [4.78, 5) is 0.471. The Labute approximate surface area is 71.3 Å². The van der Waals surface area contributed by atoms with Gasteiger partial charge in [-0.3, -0.25) is 0 Å². The maximum absolute atomic E-state index is 4.30. The summed E-state index contributed by atoms with van der Waals surface area (Å²) in [5.74, 6) is 0. The Balaban J connectivity index is 3.43. The molecular formula is C7H13BrS. The molecule has 0 bridgehead atoms. The van der Waals surface area contributed by atoms with E-state index in [0.717, 1.165) is 6.42 Å². The predicted octanol–water partition coefficient (Wildman–Crippen LogP) is 3.03. The molecular weight excluding hydrogens is 196 g/mol. The molecule has 0 aliphatic rings. The van der Waals surface area contributed by atoms with Crippen molar-refractivity contribution in [3.8, 4) is 0 Å². The first-order chi connectivity index (χ1) is 4.16. The summed E-state index contributed by atoms with van der Waals surface area (Å²) >= 11 is 7.71. The van der Waals surface area contributed by atoms with E-state index >= 15 is 0 Å². The fraction of sp³-hybridized carbons (Fsp3) is 0.714. The molecule has 0 saturated carbocycles. The highest BCUT2D eigenvalue weighted by molar-refractivity contribution is 9.09. The van der Waals surface area contributed by atoms with Crippen LogP contribution in [-0.2, 0) is 0 Å². The van der Waals surface area contributed by atoms with Crippen molar-refractivity contribution in [3.63, 3.8) is 0 Å². The number of hydrogen-bond donors (Lipinski definition) is 1. The van der Waals surface area contributed by atoms with Gasteiger partial charge in [0, 0.05) is 10.1 Å². The molecule has 0 heterocycles. The first-order valence-electron chi connectivity index (χ1n) is 3.17. The van der Waals surface area contributed by atoms with E-state index in [9.17, 15) is 0 Å². The van der Waals surface area contributed by atoms with Crippen molar-refractivity contribution in [2.75, 3.05) is 0 Å². The molecule has 0 spiro atoms. The first-order valence-corrected chi connectivity index (χ1v) is 4.60. The lowest BCUT2D eigenvalue weighted by Gasteiger charge is -1.98. The number of thiol groups is 1. The maximum Gasteiger partial charge on any atom is 0.0297 e. The Bertz CT molecular complexity index is 88.9. The molecule has 0 radical (unpaired) electrons. The van der Waals surface area contributed by atoms with Gasteiger partial charge in [-0.1, -0.05) is 35.0 Å². The van der Waals surface area contributed by atoms with Crippen LogP contribution < -0.4 is 0 Å². The van der Waals surface area contributed by atoms with Crippen LogP contribution in [0.5, 0.6) is 0 Å². The quantitative estimate of drug-likeness (QED) is 0.412. The molecule has 0 aromatic carbocycles. The van der Waals surface area contributed by atoms with Crippen LogP contribution in [0.1, 0.15) is 20.3 Å². The van der Waals surface area contributed by atoms with Gasteiger partial charge in [0.1, 0.15) is 0 Å². The standard InChI is InChI=1S/C7H13BrS/c1-3-7(9)5-4-6(2)8/h4-7,9H,3H2,1-2H3. The van der Waals surface area contributed by atoms with Crippen molar-refractivity contribution in [2.45, 2.75) is 30.3 Å². The van der Waals surface area contributed by atoms with Crippen LogP contribution in [0.15, 0.2) is 12.2 Å². The van der Waals surface area contributed by atoms with Gasteiger partial charge in [-0.05, 0) is 13.3 Å². The van der Waals surface area contributed by atoms with E-state index in [1.54, 1.807) is 0 Å². The molecule has 0 N–H and O–H groups in total. The first kappa shape index (κ1) is 9.57. The zero-order chi connectivity index (χ0) is 7.28. The number of rotatable bonds is 3. The van der Waals surface area contributed by atoms with Gasteiger partial charge in [-0.25, -0.2) is 0 Å². The lowest BCUT2D eigenvalue weighted by molar-refractivity contribution is 0.978. The van der Waals surface area contributed by atoms with Crippen LogP contribution in [0.4, 0.5) is 0 Å². The predicted molar refractivity (Wildman–Crippen MR) is 50.6 cm³/mol. The summed E-state index contributed by atoms with van der Waals surface area (Å²) in [6, 6.07) is 0. The normalized spacial score (nSPS) is 18.2. The largest absolute Gasteiger partial charge is 0.172 e.